The van der Waals surface area contributed by atoms with Crippen LogP contribution in [-0.4, -0.2) is 45.7 Å². The van der Waals surface area contributed by atoms with Crippen LogP contribution in [0.15, 0.2) is 12.2 Å². The van der Waals surface area contributed by atoms with Crippen LogP contribution in [0.25, 0.3) is 0 Å². The van der Waals surface area contributed by atoms with E-state index in [1.807, 2.05) is 0 Å². The first kappa shape index (κ1) is 11.7. The lowest BCUT2D eigenvalue weighted by Crippen LogP contribution is -2.44. The number of hydrogen-bond donors (Lipinski definition) is 2. The average molecular weight is 251 g/mol. The Balaban J connectivity index is 1.76. The number of aliphatic hydroxyl groups is 1. The Hall–Kier alpha value is -1.36. The molecule has 0 aromatic heterocycles. The number of hydrogen-bond acceptors (Lipinski definition) is 3. The molecule has 0 aromatic rings. The lowest BCUT2D eigenvalue weighted by molar-refractivity contribution is -0.150. The fourth-order valence-electron chi connectivity index (χ4n) is 3.57. The Labute approximate surface area is 105 Å². The Morgan fingerprint density at radius 3 is 2.50 bits per heavy atom. The minimum absolute atomic E-state index is 0.0767. The first-order valence-electron chi connectivity index (χ1n) is 6.46. The number of aliphatic carboxylic acids is 1. The number of carbonyl (C=O) groups is 2. The van der Waals surface area contributed by atoms with Crippen LogP contribution < -0.4 is 0 Å². The van der Waals surface area contributed by atoms with Gasteiger partial charge in [0.2, 0.25) is 5.91 Å². The second-order valence-electron chi connectivity index (χ2n) is 5.62. The molecule has 98 valence electrons. The molecule has 1 saturated carbocycles. The number of nitrogens with zero attached hydrogens (tertiary/aromatic N) is 1. The lowest BCUT2D eigenvalue weighted by atomic mass is 9.92. The van der Waals surface area contributed by atoms with Crippen LogP contribution >= 0.6 is 0 Å². The summed E-state index contributed by atoms with van der Waals surface area (Å²) in [6.45, 7) is 0.160. The highest BCUT2D eigenvalue weighted by Gasteiger charge is 2.46. The highest BCUT2D eigenvalue weighted by molar-refractivity contribution is 5.86. The van der Waals surface area contributed by atoms with Gasteiger partial charge >= 0.3 is 5.97 Å². The van der Waals surface area contributed by atoms with Crippen LogP contribution in [-0.2, 0) is 9.59 Å². The zero-order valence-electron chi connectivity index (χ0n) is 10.0. The Morgan fingerprint density at radius 2 is 1.94 bits per heavy atom. The molecule has 1 heterocycles. The van der Waals surface area contributed by atoms with E-state index in [2.05, 4.69) is 12.2 Å². The predicted molar refractivity (Wildman–Crippen MR) is 62.6 cm³/mol. The van der Waals surface area contributed by atoms with Gasteiger partial charge in [-0.25, -0.2) is 4.79 Å². The van der Waals surface area contributed by atoms with E-state index in [1.54, 1.807) is 0 Å². The fraction of sp³-hybridized carbons (Fsp3) is 0.692. The first-order valence-corrected chi connectivity index (χ1v) is 6.46. The van der Waals surface area contributed by atoms with Crippen LogP contribution in [0.1, 0.15) is 19.3 Å². The maximum absolute atomic E-state index is 12.4. The van der Waals surface area contributed by atoms with E-state index in [4.69, 9.17) is 5.11 Å². The third-order valence-electron chi connectivity index (χ3n) is 4.44. The van der Waals surface area contributed by atoms with Crippen molar-refractivity contribution in [2.75, 3.05) is 6.54 Å². The molecule has 3 rings (SSSR count). The maximum Gasteiger partial charge on any atom is 0.326 e. The van der Waals surface area contributed by atoms with Crippen LogP contribution in [0, 0.1) is 17.8 Å². The molecule has 2 fully saturated rings. The van der Waals surface area contributed by atoms with E-state index in [0.29, 0.717) is 5.92 Å². The third-order valence-corrected chi connectivity index (χ3v) is 4.44. The summed E-state index contributed by atoms with van der Waals surface area (Å²) in [6.07, 6.45) is 5.53. The predicted octanol–water partition coefficient (Wildman–Crippen LogP) is 0.245. The van der Waals surface area contributed by atoms with Crippen LogP contribution in [0.5, 0.6) is 0 Å². The van der Waals surface area contributed by atoms with Crippen molar-refractivity contribution in [3.63, 3.8) is 0 Å². The number of β-amino-alcohol motifs (C(OH)–C–C–N with tert-alkyl or cyclic N) is 1. The quantitative estimate of drug-likeness (QED) is 0.689. The number of fused-ring (bicyclic) bond motifs is 2. The van der Waals surface area contributed by atoms with Crippen molar-refractivity contribution < 1.29 is 19.8 Å². The van der Waals surface area contributed by atoms with E-state index in [9.17, 15) is 14.7 Å². The summed E-state index contributed by atoms with van der Waals surface area (Å²) < 4.78 is 0. The molecule has 1 saturated heterocycles. The molecule has 1 amide bonds. The van der Waals surface area contributed by atoms with E-state index in [0.717, 1.165) is 12.8 Å². The van der Waals surface area contributed by atoms with Gasteiger partial charge in [-0.1, -0.05) is 12.2 Å². The molecule has 0 radical (unpaired) electrons. The molecular formula is C13H17NO4. The maximum atomic E-state index is 12.4. The molecular weight excluding hydrogens is 234 g/mol. The van der Waals surface area contributed by atoms with Gasteiger partial charge < -0.3 is 15.1 Å². The summed E-state index contributed by atoms with van der Waals surface area (Å²) >= 11 is 0. The highest BCUT2D eigenvalue weighted by Crippen LogP contribution is 2.44. The number of allylic oxidation sites excluding steroid dienone is 2. The van der Waals surface area contributed by atoms with Gasteiger partial charge in [0.1, 0.15) is 6.04 Å². The van der Waals surface area contributed by atoms with Gasteiger partial charge in [0.05, 0.1) is 6.10 Å². The van der Waals surface area contributed by atoms with Crippen molar-refractivity contribution in [3.05, 3.63) is 12.2 Å². The van der Waals surface area contributed by atoms with Gasteiger partial charge in [0.15, 0.2) is 0 Å². The fourth-order valence-corrected chi connectivity index (χ4v) is 3.57. The molecule has 3 unspecified atom stereocenters. The molecule has 0 spiro atoms. The third kappa shape index (κ3) is 1.73. The topological polar surface area (TPSA) is 77.8 Å². The Kier molecular flexibility index (Phi) is 2.66. The summed E-state index contributed by atoms with van der Waals surface area (Å²) in [5.41, 5.74) is 0. The molecule has 5 nitrogen and oxygen atoms in total. The second kappa shape index (κ2) is 4.09. The van der Waals surface area contributed by atoms with Crippen LogP contribution in [0.2, 0.25) is 0 Å². The number of likely N-dealkylation sites (tertiary alicyclic amines) is 1. The summed E-state index contributed by atoms with van der Waals surface area (Å²) in [4.78, 5) is 24.9. The molecule has 2 N–H and O–H groups in total. The second-order valence-corrected chi connectivity index (χ2v) is 5.62. The number of carboxylic acids is 1. The van der Waals surface area contributed by atoms with Gasteiger partial charge in [-0.15, -0.1) is 0 Å². The standard InChI is InChI=1S/C13H17NO4/c15-9-5-11(13(17)18)14(6-9)12(16)10-4-7-1-2-8(10)3-7/h1-2,7-11,15H,3-6H2,(H,17,18)/t7?,8?,9-,10?,11+/m1/s1. The molecule has 2 aliphatic carbocycles. The smallest absolute Gasteiger partial charge is 0.326 e. The van der Waals surface area contributed by atoms with E-state index >= 15 is 0 Å². The van der Waals surface area contributed by atoms with Crippen molar-refractivity contribution in [2.45, 2.75) is 31.4 Å². The summed E-state index contributed by atoms with van der Waals surface area (Å²) in [5.74, 6) is -0.420. The molecule has 5 atom stereocenters. The van der Waals surface area contributed by atoms with Gasteiger partial charge in [-0.3, -0.25) is 4.79 Å². The van der Waals surface area contributed by atoms with Crippen molar-refractivity contribution in [1.29, 1.82) is 0 Å². The number of carbonyl (C=O) groups excluding carboxylic acids is 1. The summed E-state index contributed by atoms with van der Waals surface area (Å²) in [6, 6.07) is -0.851. The van der Waals surface area contributed by atoms with Crippen molar-refractivity contribution in [3.8, 4) is 0 Å². The van der Waals surface area contributed by atoms with Crippen molar-refractivity contribution in [2.24, 2.45) is 17.8 Å². The largest absolute Gasteiger partial charge is 0.480 e. The zero-order chi connectivity index (χ0) is 12.9. The van der Waals surface area contributed by atoms with Gasteiger partial charge in [0.25, 0.3) is 0 Å². The normalized spacial score (nSPS) is 41.6. The molecule has 18 heavy (non-hydrogen) atoms. The van der Waals surface area contributed by atoms with E-state index in [1.165, 1.54) is 4.90 Å². The van der Waals surface area contributed by atoms with E-state index < -0.39 is 18.1 Å². The van der Waals surface area contributed by atoms with Crippen molar-refractivity contribution >= 4 is 11.9 Å². The number of aliphatic hydroxyl groups excluding tert-OH is 1. The molecule has 3 aliphatic rings. The minimum Gasteiger partial charge on any atom is -0.480 e. The molecule has 2 bridgehead atoms. The molecule has 1 aliphatic heterocycles. The average Bonchev–Trinajstić information content (AvgIpc) is 3.01. The number of rotatable bonds is 2. The Bertz CT molecular complexity index is 419. The lowest BCUT2D eigenvalue weighted by Gasteiger charge is -2.27. The van der Waals surface area contributed by atoms with Crippen molar-refractivity contribution in [1.82, 2.24) is 4.90 Å². The van der Waals surface area contributed by atoms with E-state index in [-0.39, 0.29) is 30.7 Å². The van der Waals surface area contributed by atoms with Gasteiger partial charge in [-0.2, -0.15) is 0 Å². The number of carboxylic acid groups (broad SMARTS) is 1. The monoisotopic (exact) mass is 251 g/mol. The van der Waals surface area contributed by atoms with Gasteiger partial charge in [-0.05, 0) is 24.7 Å². The minimum atomic E-state index is -1.02. The highest BCUT2D eigenvalue weighted by atomic mass is 16.4. The van der Waals surface area contributed by atoms with Crippen LogP contribution in [0.3, 0.4) is 0 Å². The first-order chi connectivity index (χ1) is 8.56. The number of amides is 1. The molecule has 0 aromatic carbocycles. The molecule has 5 heteroatoms. The SMILES string of the molecule is O=C(O)[C@@H]1C[C@@H](O)CN1C(=O)C1CC2C=CC1C2. The summed E-state index contributed by atoms with van der Waals surface area (Å²) in [5, 5.41) is 18.7. The Morgan fingerprint density at radius 1 is 1.17 bits per heavy atom. The van der Waals surface area contributed by atoms with Crippen LogP contribution in [0.4, 0.5) is 0 Å². The summed E-state index contributed by atoms with van der Waals surface area (Å²) in [7, 11) is 0. The van der Waals surface area contributed by atoms with Gasteiger partial charge in [0, 0.05) is 18.9 Å². The zero-order valence-corrected chi connectivity index (χ0v) is 10.0.